The van der Waals surface area contributed by atoms with Crippen LogP contribution in [-0.4, -0.2) is 11.7 Å². The van der Waals surface area contributed by atoms with E-state index in [1.54, 1.807) is 12.1 Å². The lowest BCUT2D eigenvalue weighted by Crippen LogP contribution is -2.68. The zero-order valence-corrected chi connectivity index (χ0v) is 15.8. The van der Waals surface area contributed by atoms with Crippen LogP contribution in [0.3, 0.4) is 0 Å². The first-order valence-electron chi connectivity index (χ1n) is 7.27. The van der Waals surface area contributed by atoms with Crippen molar-refractivity contribution in [2.45, 2.75) is 6.92 Å². The molecule has 7 nitrogen and oxygen atoms in total. The van der Waals surface area contributed by atoms with Gasteiger partial charge in [0.25, 0.3) is 0 Å². The lowest BCUT2D eigenvalue weighted by molar-refractivity contribution is -2.00. The Kier molecular flexibility index (Phi) is 6.76. The van der Waals surface area contributed by atoms with Gasteiger partial charge in [0, 0.05) is 10.5 Å². The SMILES string of the molecule is CCOc1cc(-c2ccc(O)cc2)[o+]c2ccc(Br)cc12.[O-][Cl+3]([O-])([O-])[O-]. The Morgan fingerprint density at radius 3 is 2.23 bits per heavy atom. The lowest BCUT2D eigenvalue weighted by Gasteiger charge is -2.17. The Labute approximate surface area is 159 Å². The highest BCUT2D eigenvalue weighted by Crippen LogP contribution is 2.34. The van der Waals surface area contributed by atoms with E-state index in [0.717, 1.165) is 26.8 Å². The summed E-state index contributed by atoms with van der Waals surface area (Å²) in [6.07, 6.45) is 0. The van der Waals surface area contributed by atoms with Crippen molar-refractivity contribution in [3.63, 3.8) is 0 Å². The number of phenols is 1. The van der Waals surface area contributed by atoms with Gasteiger partial charge in [-0.15, -0.1) is 10.2 Å². The van der Waals surface area contributed by atoms with Crippen LogP contribution in [0.2, 0.25) is 0 Å². The zero-order chi connectivity index (χ0) is 19.3. The van der Waals surface area contributed by atoms with Gasteiger partial charge in [-0.3, -0.25) is 0 Å². The predicted molar refractivity (Wildman–Crippen MR) is 86.6 cm³/mol. The molecule has 0 saturated heterocycles. The molecule has 3 rings (SSSR count). The molecule has 26 heavy (non-hydrogen) atoms. The van der Waals surface area contributed by atoms with E-state index in [1.165, 1.54) is 0 Å². The van der Waals surface area contributed by atoms with E-state index < -0.39 is 10.2 Å². The first-order valence-corrected chi connectivity index (χ1v) is 9.30. The van der Waals surface area contributed by atoms with Gasteiger partial charge in [-0.2, -0.15) is 0 Å². The maximum Gasteiger partial charge on any atom is 0.364 e. The summed E-state index contributed by atoms with van der Waals surface area (Å²) in [4.78, 5) is 0. The molecule has 0 fully saturated rings. The monoisotopic (exact) mass is 444 g/mol. The molecule has 0 aliphatic rings. The van der Waals surface area contributed by atoms with Gasteiger partial charge in [0.15, 0.2) is 0 Å². The van der Waals surface area contributed by atoms with E-state index in [2.05, 4.69) is 15.9 Å². The number of rotatable bonds is 3. The van der Waals surface area contributed by atoms with Crippen LogP contribution in [0.4, 0.5) is 0 Å². The molecule has 0 saturated carbocycles. The molecule has 1 heterocycles. The molecule has 9 heteroatoms. The third-order valence-corrected chi connectivity index (χ3v) is 3.63. The Bertz CT molecular complexity index is 873. The van der Waals surface area contributed by atoms with Crippen LogP contribution in [0.5, 0.6) is 11.5 Å². The number of benzene rings is 2. The average Bonchev–Trinajstić information content (AvgIpc) is 2.54. The second-order valence-electron chi connectivity index (χ2n) is 4.97. The van der Waals surface area contributed by atoms with E-state index in [-0.39, 0.29) is 5.75 Å². The van der Waals surface area contributed by atoms with Crippen LogP contribution in [0.1, 0.15) is 6.92 Å². The van der Waals surface area contributed by atoms with Crippen LogP contribution in [0.25, 0.3) is 22.3 Å². The van der Waals surface area contributed by atoms with Crippen molar-refractivity contribution < 1.29 is 43.1 Å². The molecular weight excluding hydrogens is 432 g/mol. The summed E-state index contributed by atoms with van der Waals surface area (Å²) in [7, 11) is -4.94. The largest absolute Gasteiger partial charge is 0.508 e. The first kappa shape index (κ1) is 20.4. The minimum absolute atomic E-state index is 0.230. The van der Waals surface area contributed by atoms with Crippen LogP contribution >= 0.6 is 15.9 Å². The Balaban J connectivity index is 0.000000431. The lowest BCUT2D eigenvalue weighted by atomic mass is 10.1. The molecule has 138 valence electrons. The fourth-order valence-corrected chi connectivity index (χ4v) is 2.53. The zero-order valence-electron chi connectivity index (χ0n) is 13.5. The van der Waals surface area contributed by atoms with Crippen molar-refractivity contribution in [1.82, 2.24) is 0 Å². The summed E-state index contributed by atoms with van der Waals surface area (Å²) < 4.78 is 46.6. The average molecular weight is 446 g/mol. The fourth-order valence-electron chi connectivity index (χ4n) is 2.17. The smallest absolute Gasteiger partial charge is 0.364 e. The second-order valence-corrected chi connectivity index (χ2v) is 6.64. The molecular formula is C17H14BrClO7. The molecule has 0 atom stereocenters. The predicted octanol–water partition coefficient (Wildman–Crippen LogP) is 0.492. The molecule has 0 spiro atoms. The van der Waals surface area contributed by atoms with Crippen LogP contribution in [0, 0.1) is 10.2 Å². The van der Waals surface area contributed by atoms with Crippen LogP contribution in [0.15, 0.2) is 57.4 Å². The summed E-state index contributed by atoms with van der Waals surface area (Å²) in [5.74, 6) is 1.71. The van der Waals surface area contributed by atoms with Gasteiger partial charge in [0.2, 0.25) is 0 Å². The molecule has 3 aromatic rings. The molecule has 2 aromatic carbocycles. The van der Waals surface area contributed by atoms with E-state index in [9.17, 15) is 5.11 Å². The number of hydrogen-bond donors (Lipinski definition) is 1. The van der Waals surface area contributed by atoms with Crippen LogP contribution in [-0.2, 0) is 0 Å². The van der Waals surface area contributed by atoms with Crippen LogP contribution < -0.4 is 23.4 Å². The molecule has 0 unspecified atom stereocenters. The summed E-state index contributed by atoms with van der Waals surface area (Å²) in [6, 6.07) is 14.6. The van der Waals surface area contributed by atoms with Gasteiger partial charge in [-0.05, 0) is 43.3 Å². The Morgan fingerprint density at radius 2 is 1.65 bits per heavy atom. The van der Waals surface area contributed by atoms with Crippen molar-refractivity contribution in [1.29, 1.82) is 0 Å². The summed E-state index contributed by atoms with van der Waals surface area (Å²) in [5.41, 5.74) is 1.64. The molecule has 0 bridgehead atoms. The summed E-state index contributed by atoms with van der Waals surface area (Å²) in [6.45, 7) is 2.54. The topological polar surface area (TPSA) is 133 Å². The molecule has 1 aromatic heterocycles. The number of hydrogen-bond acceptors (Lipinski definition) is 6. The minimum Gasteiger partial charge on any atom is -0.508 e. The number of phenolic OH excluding ortho intramolecular Hbond substituents is 1. The van der Waals surface area contributed by atoms with Gasteiger partial charge < -0.3 is 9.84 Å². The van der Waals surface area contributed by atoms with Crippen molar-refractivity contribution in [3.8, 4) is 22.8 Å². The number of halogens is 2. The second kappa shape index (κ2) is 8.63. The highest BCUT2D eigenvalue weighted by atomic mass is 79.9. The third kappa shape index (κ3) is 6.10. The quantitative estimate of drug-likeness (QED) is 0.580. The Morgan fingerprint density at radius 1 is 1.04 bits per heavy atom. The maximum absolute atomic E-state index is 9.38. The third-order valence-electron chi connectivity index (χ3n) is 3.14. The fraction of sp³-hybridized carbons (Fsp3) is 0.118. The van der Waals surface area contributed by atoms with Crippen molar-refractivity contribution in [2.24, 2.45) is 0 Å². The standard InChI is InChI=1S/C17H13BrO3.ClHO4/c1-2-20-17-10-16(11-3-6-13(19)7-4-11)21-15-8-5-12(18)9-14(15)17;2-1(3,4)5/h3-10H,2H2,1H3;(H,2,3,4,5). The summed E-state index contributed by atoms with van der Waals surface area (Å²) in [5, 5.41) is 10.3. The molecule has 1 N–H and O–H groups in total. The van der Waals surface area contributed by atoms with Crippen molar-refractivity contribution >= 4 is 26.9 Å². The number of aromatic hydroxyl groups is 1. The van der Waals surface area contributed by atoms with Gasteiger partial charge in [0.05, 0.1) is 18.2 Å². The van der Waals surface area contributed by atoms with E-state index in [1.807, 2.05) is 43.3 Å². The number of fused-ring (bicyclic) bond motifs is 1. The first-order chi connectivity index (χ1) is 12.2. The Hall–Kier alpha value is -1.94. The van der Waals surface area contributed by atoms with E-state index >= 15 is 0 Å². The highest BCUT2D eigenvalue weighted by molar-refractivity contribution is 9.10. The van der Waals surface area contributed by atoms with Gasteiger partial charge in [-0.25, -0.2) is 23.1 Å². The summed E-state index contributed by atoms with van der Waals surface area (Å²) >= 11 is 3.46. The molecule has 0 radical (unpaired) electrons. The van der Waals surface area contributed by atoms with Gasteiger partial charge in [-0.1, -0.05) is 15.9 Å². The van der Waals surface area contributed by atoms with Crippen molar-refractivity contribution in [2.75, 3.05) is 6.61 Å². The molecule has 0 aliphatic heterocycles. The molecule has 0 aliphatic carbocycles. The van der Waals surface area contributed by atoms with E-state index in [4.69, 9.17) is 27.8 Å². The van der Waals surface area contributed by atoms with Crippen molar-refractivity contribution in [3.05, 3.63) is 53.0 Å². The maximum atomic E-state index is 9.38. The van der Waals surface area contributed by atoms with Gasteiger partial charge in [0.1, 0.15) is 16.9 Å². The highest BCUT2D eigenvalue weighted by Gasteiger charge is 2.20. The van der Waals surface area contributed by atoms with E-state index in [0.29, 0.717) is 12.4 Å². The molecule has 0 amide bonds. The minimum atomic E-state index is -4.94. The van der Waals surface area contributed by atoms with Gasteiger partial charge >= 0.3 is 11.3 Å². The number of ether oxygens (including phenoxy) is 1. The normalized spacial score (nSPS) is 11.0.